The quantitative estimate of drug-likeness (QED) is 0.201. The first kappa shape index (κ1) is 21.7. The molecule has 1 amide bonds. The molecule has 0 bridgehead atoms. The second-order valence-electron chi connectivity index (χ2n) is 6.82. The number of hydrogen-bond acceptors (Lipinski definition) is 7. The van der Waals surface area contributed by atoms with Gasteiger partial charge in [0, 0.05) is 6.07 Å². The van der Waals surface area contributed by atoms with Gasteiger partial charge in [-0.3, -0.25) is 24.3 Å². The molecule has 1 heterocycles. The van der Waals surface area contributed by atoms with Crippen LogP contribution in [0.1, 0.15) is 5.56 Å². The van der Waals surface area contributed by atoms with Crippen molar-refractivity contribution < 1.29 is 9.72 Å². The van der Waals surface area contributed by atoms with Crippen LogP contribution in [0, 0.1) is 21.4 Å². The number of nitro groups is 1. The maximum Gasteiger partial charge on any atom is 0.292 e. The van der Waals surface area contributed by atoms with Gasteiger partial charge >= 0.3 is 0 Å². The van der Waals surface area contributed by atoms with Crippen molar-refractivity contribution in [2.75, 3.05) is 11.1 Å². The first-order chi connectivity index (χ1) is 16.0. The molecule has 0 aliphatic carbocycles. The Morgan fingerprint density at radius 2 is 1.79 bits per heavy atom. The van der Waals surface area contributed by atoms with Crippen molar-refractivity contribution in [3.8, 4) is 11.8 Å². The van der Waals surface area contributed by atoms with Crippen molar-refractivity contribution in [2.45, 2.75) is 5.16 Å². The molecule has 0 aliphatic rings. The van der Waals surface area contributed by atoms with E-state index in [-0.39, 0.29) is 27.8 Å². The second-order valence-corrected chi connectivity index (χ2v) is 7.76. The molecule has 0 saturated heterocycles. The molecule has 0 unspecified atom stereocenters. The number of para-hydroxylation sites is 3. The van der Waals surface area contributed by atoms with Crippen molar-refractivity contribution in [1.29, 1.82) is 5.26 Å². The van der Waals surface area contributed by atoms with E-state index in [1.807, 2.05) is 6.07 Å². The predicted molar refractivity (Wildman–Crippen MR) is 125 cm³/mol. The first-order valence-corrected chi connectivity index (χ1v) is 10.6. The molecule has 0 radical (unpaired) electrons. The Hall–Kier alpha value is -4.49. The van der Waals surface area contributed by atoms with Gasteiger partial charge in [-0.25, -0.2) is 4.98 Å². The van der Waals surface area contributed by atoms with Crippen molar-refractivity contribution in [1.82, 2.24) is 9.55 Å². The fourth-order valence-corrected chi connectivity index (χ4v) is 3.99. The molecule has 4 rings (SSSR count). The molecule has 10 heteroatoms. The van der Waals surface area contributed by atoms with Crippen LogP contribution < -0.4 is 10.9 Å². The molecule has 1 aromatic heterocycles. The molecule has 9 nitrogen and oxygen atoms in total. The summed E-state index contributed by atoms with van der Waals surface area (Å²) >= 11 is 1.03. The highest BCUT2D eigenvalue weighted by molar-refractivity contribution is 7.99. The number of benzene rings is 3. The van der Waals surface area contributed by atoms with Crippen LogP contribution in [0.3, 0.4) is 0 Å². The summed E-state index contributed by atoms with van der Waals surface area (Å²) in [7, 11) is 0. The first-order valence-electron chi connectivity index (χ1n) is 9.66. The average molecular weight is 457 g/mol. The summed E-state index contributed by atoms with van der Waals surface area (Å²) < 4.78 is 1.38. The van der Waals surface area contributed by atoms with E-state index in [0.29, 0.717) is 22.2 Å². The number of nitriles is 1. The van der Waals surface area contributed by atoms with Gasteiger partial charge in [0.25, 0.3) is 11.2 Å². The topological polar surface area (TPSA) is 131 Å². The van der Waals surface area contributed by atoms with Gasteiger partial charge in [0.2, 0.25) is 5.91 Å². The fraction of sp³-hybridized carbons (Fsp3) is 0.0435. The van der Waals surface area contributed by atoms with Crippen LogP contribution >= 0.6 is 11.8 Å². The lowest BCUT2D eigenvalue weighted by atomic mass is 10.2. The van der Waals surface area contributed by atoms with E-state index in [4.69, 9.17) is 5.26 Å². The van der Waals surface area contributed by atoms with Gasteiger partial charge in [0.15, 0.2) is 5.16 Å². The Kier molecular flexibility index (Phi) is 6.15. The number of fused-ring (bicyclic) bond motifs is 1. The van der Waals surface area contributed by atoms with Gasteiger partial charge in [0.05, 0.1) is 38.9 Å². The minimum atomic E-state index is -0.573. The summed E-state index contributed by atoms with van der Waals surface area (Å²) in [5.74, 6) is -0.615. The van der Waals surface area contributed by atoms with Crippen LogP contribution in [0.2, 0.25) is 0 Å². The van der Waals surface area contributed by atoms with E-state index in [1.165, 1.54) is 22.8 Å². The highest BCUT2D eigenvalue weighted by Crippen LogP contribution is 2.25. The zero-order valence-corrected chi connectivity index (χ0v) is 17.8. The minimum Gasteiger partial charge on any atom is -0.320 e. The zero-order valence-electron chi connectivity index (χ0n) is 17.0. The van der Waals surface area contributed by atoms with E-state index in [2.05, 4.69) is 10.3 Å². The van der Waals surface area contributed by atoms with Gasteiger partial charge in [-0.15, -0.1) is 0 Å². The predicted octanol–water partition coefficient (Wildman–Crippen LogP) is 3.90. The van der Waals surface area contributed by atoms with Crippen LogP contribution in [0.4, 0.5) is 11.4 Å². The Balaban J connectivity index is 1.67. The van der Waals surface area contributed by atoms with Gasteiger partial charge in [-0.2, -0.15) is 5.26 Å². The Morgan fingerprint density at radius 1 is 1.09 bits per heavy atom. The molecular weight excluding hydrogens is 442 g/mol. The van der Waals surface area contributed by atoms with Gasteiger partial charge in [-0.1, -0.05) is 36.0 Å². The molecule has 162 valence electrons. The lowest BCUT2D eigenvalue weighted by Gasteiger charge is -2.13. The molecule has 0 aliphatic heterocycles. The molecule has 0 fully saturated rings. The fourth-order valence-electron chi connectivity index (χ4n) is 3.18. The number of carbonyl (C=O) groups is 1. The lowest BCUT2D eigenvalue weighted by Crippen LogP contribution is -2.23. The maximum atomic E-state index is 13.2. The molecular formula is C23H15N5O4S. The Labute approximate surface area is 191 Å². The number of amides is 1. The van der Waals surface area contributed by atoms with Crippen LogP contribution in [0.5, 0.6) is 0 Å². The van der Waals surface area contributed by atoms with E-state index in [9.17, 15) is 19.7 Å². The van der Waals surface area contributed by atoms with Crippen molar-refractivity contribution in [3.05, 3.63) is 98.8 Å². The highest BCUT2D eigenvalue weighted by Gasteiger charge is 2.17. The number of nitrogens with zero attached hydrogens (tertiary/aromatic N) is 4. The number of aromatic nitrogens is 2. The van der Waals surface area contributed by atoms with E-state index >= 15 is 0 Å². The summed E-state index contributed by atoms with van der Waals surface area (Å²) in [5.41, 5.74) is 0.983. The molecule has 0 saturated carbocycles. The average Bonchev–Trinajstić information content (AvgIpc) is 2.83. The molecule has 4 aromatic rings. The van der Waals surface area contributed by atoms with Crippen LogP contribution in [-0.2, 0) is 4.79 Å². The third-order valence-electron chi connectivity index (χ3n) is 4.71. The molecule has 0 spiro atoms. The van der Waals surface area contributed by atoms with Crippen LogP contribution in [-0.4, -0.2) is 26.1 Å². The third kappa shape index (κ3) is 4.58. The number of anilines is 1. The van der Waals surface area contributed by atoms with Crippen molar-refractivity contribution >= 4 is 39.9 Å². The summed E-state index contributed by atoms with van der Waals surface area (Å²) in [6.07, 6.45) is 0. The number of nitro benzene ring substituents is 1. The van der Waals surface area contributed by atoms with Gasteiger partial charge < -0.3 is 5.32 Å². The Morgan fingerprint density at radius 3 is 2.52 bits per heavy atom. The summed E-state index contributed by atoms with van der Waals surface area (Å²) in [5, 5.41) is 23.4. The summed E-state index contributed by atoms with van der Waals surface area (Å²) in [6, 6.07) is 21.2. The molecule has 1 N–H and O–H groups in total. The van der Waals surface area contributed by atoms with Gasteiger partial charge in [-0.05, 0) is 42.5 Å². The van der Waals surface area contributed by atoms with E-state index in [1.54, 1.807) is 54.6 Å². The number of carbonyl (C=O) groups excluding carboxylic acids is 1. The molecule has 3 aromatic carbocycles. The van der Waals surface area contributed by atoms with Crippen molar-refractivity contribution in [2.24, 2.45) is 0 Å². The highest BCUT2D eigenvalue weighted by atomic mass is 32.2. The van der Waals surface area contributed by atoms with E-state index < -0.39 is 10.8 Å². The van der Waals surface area contributed by atoms with Crippen molar-refractivity contribution in [3.63, 3.8) is 0 Å². The number of rotatable bonds is 6. The summed E-state index contributed by atoms with van der Waals surface area (Å²) in [4.78, 5) is 40.9. The third-order valence-corrected chi connectivity index (χ3v) is 5.65. The minimum absolute atomic E-state index is 0.0871. The number of hydrogen-bond donors (Lipinski definition) is 1. The smallest absolute Gasteiger partial charge is 0.292 e. The largest absolute Gasteiger partial charge is 0.320 e. The van der Waals surface area contributed by atoms with Crippen LogP contribution in [0.15, 0.2) is 82.7 Å². The Bertz CT molecular complexity index is 1480. The van der Waals surface area contributed by atoms with E-state index in [0.717, 1.165) is 11.8 Å². The monoisotopic (exact) mass is 457 g/mol. The van der Waals surface area contributed by atoms with Gasteiger partial charge in [0.1, 0.15) is 5.69 Å². The zero-order chi connectivity index (χ0) is 23.4. The SMILES string of the molecule is N#Cc1ccc(-n2c(SCC(=O)Nc3ccccc3[N+](=O)[O-])nc3ccccc3c2=O)cc1. The lowest BCUT2D eigenvalue weighted by molar-refractivity contribution is -0.383. The molecule has 0 atom stereocenters. The second kappa shape index (κ2) is 9.33. The normalized spacial score (nSPS) is 10.5. The number of thioether (sulfide) groups is 1. The van der Waals surface area contributed by atoms with Crippen LogP contribution in [0.25, 0.3) is 16.6 Å². The number of nitrogens with one attached hydrogen (secondary N) is 1. The standard InChI is InChI=1S/C23H15N5O4S/c24-13-15-9-11-16(12-10-15)27-22(30)17-5-1-2-6-18(17)26-23(27)33-14-21(29)25-19-7-3-4-8-20(19)28(31)32/h1-12H,14H2,(H,25,29). The maximum absolute atomic E-state index is 13.2. The molecule has 33 heavy (non-hydrogen) atoms. The summed E-state index contributed by atoms with van der Waals surface area (Å²) in [6.45, 7) is 0.